The third-order valence-corrected chi connectivity index (χ3v) is 4.26. The van der Waals surface area contributed by atoms with E-state index in [0.29, 0.717) is 17.2 Å². The van der Waals surface area contributed by atoms with Gasteiger partial charge in [-0.05, 0) is 47.7 Å². The highest BCUT2D eigenvalue weighted by Gasteiger charge is 2.07. The summed E-state index contributed by atoms with van der Waals surface area (Å²) in [6.45, 7) is 4.39. The van der Waals surface area contributed by atoms with E-state index < -0.39 is 0 Å². The van der Waals surface area contributed by atoms with Crippen LogP contribution in [0.1, 0.15) is 42.9 Å². The maximum Gasteiger partial charge on any atom is 0.145 e. The molecule has 2 nitrogen and oxygen atoms in total. The predicted molar refractivity (Wildman–Crippen MR) is 89.0 cm³/mol. The van der Waals surface area contributed by atoms with Crippen LogP contribution in [0, 0.1) is 11.3 Å². The lowest BCUT2D eigenvalue weighted by Crippen LogP contribution is -1.93. The second-order valence-corrected chi connectivity index (χ2v) is 5.62. The fourth-order valence-electron chi connectivity index (χ4n) is 2.06. The molecule has 0 heterocycles. The molecule has 1 atom stereocenters. The van der Waals surface area contributed by atoms with Crippen molar-refractivity contribution in [3.63, 3.8) is 0 Å². The molecule has 2 aromatic carbocycles. The summed E-state index contributed by atoms with van der Waals surface area (Å²) >= 11 is 3.39. The van der Waals surface area contributed by atoms with Gasteiger partial charge in [-0.1, -0.05) is 48.0 Å². The Bertz CT molecular complexity index is 643. The SMILES string of the molecule is CCC(C)c1ccc(Oc2ccc(CBr)cc2C#N)cc1. The first kappa shape index (κ1) is 15.6. The van der Waals surface area contributed by atoms with Crippen LogP contribution in [0.15, 0.2) is 42.5 Å². The Hall–Kier alpha value is -1.79. The van der Waals surface area contributed by atoms with Gasteiger partial charge in [0, 0.05) is 5.33 Å². The topological polar surface area (TPSA) is 33.0 Å². The van der Waals surface area contributed by atoms with Crippen LogP contribution in [0.5, 0.6) is 11.5 Å². The summed E-state index contributed by atoms with van der Waals surface area (Å²) in [5, 5.41) is 9.95. The minimum Gasteiger partial charge on any atom is -0.456 e. The predicted octanol–water partition coefficient (Wildman–Crippen LogP) is 5.76. The fourth-order valence-corrected chi connectivity index (χ4v) is 2.41. The van der Waals surface area contributed by atoms with Crippen molar-refractivity contribution in [3.8, 4) is 17.6 Å². The van der Waals surface area contributed by atoms with Gasteiger partial charge in [0.15, 0.2) is 0 Å². The maximum atomic E-state index is 9.22. The lowest BCUT2D eigenvalue weighted by molar-refractivity contribution is 0.480. The first-order valence-corrected chi connectivity index (χ1v) is 8.16. The second kappa shape index (κ2) is 7.28. The third kappa shape index (κ3) is 3.86. The van der Waals surface area contributed by atoms with E-state index >= 15 is 0 Å². The molecule has 0 bridgehead atoms. The maximum absolute atomic E-state index is 9.22. The van der Waals surface area contributed by atoms with Gasteiger partial charge in [-0.25, -0.2) is 0 Å². The van der Waals surface area contributed by atoms with Crippen LogP contribution in [0.4, 0.5) is 0 Å². The Kier molecular flexibility index (Phi) is 5.41. The second-order valence-electron chi connectivity index (χ2n) is 5.06. The van der Waals surface area contributed by atoms with E-state index in [4.69, 9.17) is 4.74 Å². The number of hydrogen-bond donors (Lipinski definition) is 0. The van der Waals surface area contributed by atoms with E-state index in [-0.39, 0.29) is 0 Å². The molecular formula is C18H18BrNO. The molecule has 0 aliphatic rings. The number of hydrogen-bond acceptors (Lipinski definition) is 2. The highest BCUT2D eigenvalue weighted by Crippen LogP contribution is 2.28. The minimum absolute atomic E-state index is 0.548. The van der Waals surface area contributed by atoms with Crippen molar-refractivity contribution < 1.29 is 4.74 Å². The smallest absolute Gasteiger partial charge is 0.145 e. The lowest BCUT2D eigenvalue weighted by atomic mass is 9.99. The highest BCUT2D eigenvalue weighted by atomic mass is 79.9. The van der Waals surface area contributed by atoms with Crippen LogP contribution < -0.4 is 4.74 Å². The number of rotatable bonds is 5. The number of halogens is 1. The molecule has 2 aromatic rings. The Morgan fingerprint density at radius 1 is 1.19 bits per heavy atom. The molecule has 21 heavy (non-hydrogen) atoms. The average Bonchev–Trinajstić information content (AvgIpc) is 2.55. The van der Waals surface area contributed by atoms with Gasteiger partial charge in [-0.3, -0.25) is 0 Å². The van der Waals surface area contributed by atoms with Gasteiger partial charge < -0.3 is 4.74 Å². The van der Waals surface area contributed by atoms with Crippen molar-refractivity contribution >= 4 is 15.9 Å². The molecule has 0 N–H and O–H groups in total. The fraction of sp³-hybridized carbons (Fsp3) is 0.278. The zero-order chi connectivity index (χ0) is 15.2. The van der Waals surface area contributed by atoms with E-state index in [1.54, 1.807) is 0 Å². The van der Waals surface area contributed by atoms with Gasteiger partial charge in [0.2, 0.25) is 0 Å². The van der Waals surface area contributed by atoms with E-state index in [0.717, 1.165) is 23.1 Å². The van der Waals surface area contributed by atoms with Crippen LogP contribution >= 0.6 is 15.9 Å². The molecule has 0 saturated carbocycles. The summed E-state index contributed by atoms with van der Waals surface area (Å²) in [4.78, 5) is 0. The molecule has 0 spiro atoms. The number of ether oxygens (including phenoxy) is 1. The summed E-state index contributed by atoms with van der Waals surface area (Å²) in [6, 6.07) is 15.9. The molecule has 0 aromatic heterocycles. The molecule has 0 saturated heterocycles. The summed E-state index contributed by atoms with van der Waals surface area (Å²) in [5.41, 5.74) is 2.92. The molecular weight excluding hydrogens is 326 g/mol. The number of alkyl halides is 1. The van der Waals surface area contributed by atoms with Crippen LogP contribution in [0.2, 0.25) is 0 Å². The molecule has 108 valence electrons. The van der Waals surface area contributed by atoms with Crippen molar-refractivity contribution in [2.75, 3.05) is 0 Å². The molecule has 0 amide bonds. The van der Waals surface area contributed by atoms with E-state index in [9.17, 15) is 5.26 Å². The largest absolute Gasteiger partial charge is 0.456 e. The Morgan fingerprint density at radius 2 is 1.90 bits per heavy atom. The molecule has 0 aliphatic carbocycles. The average molecular weight is 344 g/mol. The molecule has 0 aliphatic heterocycles. The highest BCUT2D eigenvalue weighted by molar-refractivity contribution is 9.08. The summed E-state index contributed by atoms with van der Waals surface area (Å²) in [7, 11) is 0. The Morgan fingerprint density at radius 3 is 2.48 bits per heavy atom. The van der Waals surface area contributed by atoms with Gasteiger partial charge in [0.25, 0.3) is 0 Å². The minimum atomic E-state index is 0.548. The van der Waals surface area contributed by atoms with Crippen molar-refractivity contribution in [3.05, 3.63) is 59.2 Å². The molecule has 1 unspecified atom stereocenters. The van der Waals surface area contributed by atoms with Crippen molar-refractivity contribution in [2.45, 2.75) is 31.5 Å². The van der Waals surface area contributed by atoms with Gasteiger partial charge in [0.05, 0.1) is 5.56 Å². The zero-order valence-electron chi connectivity index (χ0n) is 12.3. The van der Waals surface area contributed by atoms with Gasteiger partial charge in [0.1, 0.15) is 17.6 Å². The zero-order valence-corrected chi connectivity index (χ0v) is 13.9. The Balaban J connectivity index is 2.20. The summed E-state index contributed by atoms with van der Waals surface area (Å²) in [6.07, 6.45) is 1.12. The quantitative estimate of drug-likeness (QED) is 0.646. The van der Waals surface area contributed by atoms with Gasteiger partial charge in [-0.15, -0.1) is 0 Å². The molecule has 0 fully saturated rings. The number of nitrogens with zero attached hydrogens (tertiary/aromatic N) is 1. The van der Waals surface area contributed by atoms with E-state index in [2.05, 4.69) is 48.0 Å². The molecule has 3 heteroatoms. The first-order chi connectivity index (χ1) is 10.2. The molecule has 2 rings (SSSR count). The van der Waals surface area contributed by atoms with Crippen molar-refractivity contribution in [1.82, 2.24) is 0 Å². The lowest BCUT2D eigenvalue weighted by Gasteiger charge is -2.11. The van der Waals surface area contributed by atoms with Crippen LogP contribution in [0.3, 0.4) is 0 Å². The number of nitriles is 1. The number of benzene rings is 2. The normalized spacial score (nSPS) is 11.7. The summed E-state index contributed by atoms with van der Waals surface area (Å²) in [5.74, 6) is 1.90. The van der Waals surface area contributed by atoms with E-state index in [1.165, 1.54) is 5.56 Å². The van der Waals surface area contributed by atoms with Crippen molar-refractivity contribution in [2.24, 2.45) is 0 Å². The monoisotopic (exact) mass is 343 g/mol. The third-order valence-electron chi connectivity index (χ3n) is 3.61. The van der Waals surface area contributed by atoms with Crippen LogP contribution in [0.25, 0.3) is 0 Å². The summed E-state index contributed by atoms with van der Waals surface area (Å²) < 4.78 is 5.83. The van der Waals surface area contributed by atoms with Gasteiger partial charge in [-0.2, -0.15) is 5.26 Å². The van der Waals surface area contributed by atoms with Crippen LogP contribution in [-0.4, -0.2) is 0 Å². The van der Waals surface area contributed by atoms with Gasteiger partial charge >= 0.3 is 0 Å². The standard InChI is InChI=1S/C18H18BrNO/c1-3-13(2)15-5-7-17(8-6-15)21-18-9-4-14(11-19)10-16(18)12-20/h4-10,13H,3,11H2,1-2H3. The first-order valence-electron chi connectivity index (χ1n) is 7.04. The van der Waals surface area contributed by atoms with E-state index in [1.807, 2.05) is 30.3 Å². The van der Waals surface area contributed by atoms with Crippen molar-refractivity contribution in [1.29, 1.82) is 5.26 Å². The van der Waals surface area contributed by atoms with Crippen LogP contribution in [-0.2, 0) is 5.33 Å². The molecule has 0 radical (unpaired) electrons. The Labute approximate surface area is 134 Å².